The Kier molecular flexibility index (Phi) is 2.58. The van der Waals surface area contributed by atoms with E-state index in [1.807, 2.05) is 0 Å². The molecule has 0 aromatic heterocycles. The third-order valence-electron chi connectivity index (χ3n) is 1.55. The van der Waals surface area contributed by atoms with Crippen LogP contribution in [-0.4, -0.2) is 12.3 Å². The van der Waals surface area contributed by atoms with Crippen molar-refractivity contribution in [1.82, 2.24) is 0 Å². The molecule has 0 amide bonds. The maximum absolute atomic E-state index is 10.4. The van der Waals surface area contributed by atoms with E-state index in [2.05, 4.69) is 0 Å². The Hall–Kier alpha value is -1.64. The lowest BCUT2D eigenvalue weighted by Gasteiger charge is -2.10. The van der Waals surface area contributed by atoms with Gasteiger partial charge < -0.3 is 14.7 Å². The van der Waals surface area contributed by atoms with Crippen LogP contribution in [0.25, 0.3) is 0 Å². The second kappa shape index (κ2) is 3.67. The highest BCUT2D eigenvalue weighted by Crippen LogP contribution is 2.11. The van der Waals surface area contributed by atoms with Gasteiger partial charge in [-0.15, -0.1) is 0 Å². The number of benzene rings is 1. The first-order valence-electron chi connectivity index (χ1n) is 3.47. The molecule has 3 heteroatoms. The van der Waals surface area contributed by atoms with E-state index < -0.39 is 11.9 Å². The summed E-state index contributed by atoms with van der Waals surface area (Å²) in [5.74, 6) is -2.51. The van der Waals surface area contributed by atoms with Crippen molar-refractivity contribution in [3.05, 3.63) is 35.9 Å². The lowest BCUT2D eigenvalue weighted by atomic mass is 10.0. The van der Waals surface area contributed by atoms with Gasteiger partial charge in [0.05, 0.1) is 11.9 Å². The molecule has 0 fully saturated rings. The summed E-state index contributed by atoms with van der Waals surface area (Å²) in [6, 6.07) is 8.26. The molecule has 12 heavy (non-hydrogen) atoms. The zero-order valence-corrected chi connectivity index (χ0v) is 6.27. The molecule has 0 aliphatic carbocycles. The van der Waals surface area contributed by atoms with Crippen molar-refractivity contribution in [2.75, 3.05) is 0 Å². The first-order valence-corrected chi connectivity index (χ1v) is 3.47. The molecule has 0 saturated carbocycles. The Morgan fingerprint density at radius 3 is 2.33 bits per heavy atom. The fraction of sp³-hybridized carbons (Fsp3) is 0.111. The van der Waals surface area contributed by atoms with E-state index in [1.54, 1.807) is 30.3 Å². The van der Waals surface area contributed by atoms with Gasteiger partial charge in [0.15, 0.2) is 0 Å². The number of hydrogen-bond acceptors (Lipinski definition) is 3. The Morgan fingerprint density at radius 1 is 1.33 bits per heavy atom. The van der Waals surface area contributed by atoms with Gasteiger partial charge in [0.1, 0.15) is 6.29 Å². The zero-order valence-electron chi connectivity index (χ0n) is 6.27. The topological polar surface area (TPSA) is 57.2 Å². The van der Waals surface area contributed by atoms with Crippen LogP contribution in [0.15, 0.2) is 30.3 Å². The molecule has 0 bridgehead atoms. The molecule has 1 atom stereocenters. The molecule has 1 unspecified atom stereocenters. The first kappa shape index (κ1) is 8.46. The molecule has 1 aromatic carbocycles. The standard InChI is InChI=1S/C9H8O3/c10-6-8(9(11)12)7-4-2-1-3-5-7/h1-6,8H,(H,11,12)/p-1. The smallest absolute Gasteiger partial charge is 0.133 e. The zero-order chi connectivity index (χ0) is 8.97. The van der Waals surface area contributed by atoms with Crippen LogP contribution in [0.4, 0.5) is 0 Å². The molecule has 0 saturated heterocycles. The second-order valence-corrected chi connectivity index (χ2v) is 2.34. The van der Waals surface area contributed by atoms with Crippen LogP contribution in [0.2, 0.25) is 0 Å². The van der Waals surface area contributed by atoms with Crippen molar-refractivity contribution >= 4 is 12.3 Å². The van der Waals surface area contributed by atoms with Gasteiger partial charge in [0.25, 0.3) is 0 Å². The Balaban J connectivity index is 2.95. The molecule has 1 aromatic rings. The summed E-state index contributed by atoms with van der Waals surface area (Å²) < 4.78 is 0. The van der Waals surface area contributed by atoms with Gasteiger partial charge in [-0.25, -0.2) is 0 Å². The van der Waals surface area contributed by atoms with E-state index in [0.717, 1.165) is 0 Å². The van der Waals surface area contributed by atoms with E-state index in [0.29, 0.717) is 11.8 Å². The molecule has 1 rings (SSSR count). The number of carbonyl (C=O) groups is 2. The van der Waals surface area contributed by atoms with Gasteiger partial charge in [-0.3, -0.25) is 0 Å². The average Bonchev–Trinajstić information content (AvgIpc) is 2.07. The Bertz CT molecular complexity index is 279. The van der Waals surface area contributed by atoms with Crippen LogP contribution in [0.3, 0.4) is 0 Å². The predicted molar refractivity (Wildman–Crippen MR) is 40.3 cm³/mol. The first-order chi connectivity index (χ1) is 5.75. The monoisotopic (exact) mass is 163 g/mol. The average molecular weight is 163 g/mol. The summed E-state index contributed by atoms with van der Waals surface area (Å²) in [4.78, 5) is 20.7. The highest BCUT2D eigenvalue weighted by Gasteiger charge is 2.09. The summed E-state index contributed by atoms with van der Waals surface area (Å²) in [5.41, 5.74) is 0.451. The minimum absolute atomic E-state index is 0.366. The van der Waals surface area contributed by atoms with E-state index >= 15 is 0 Å². The highest BCUT2D eigenvalue weighted by molar-refractivity contribution is 5.91. The van der Waals surface area contributed by atoms with E-state index in [-0.39, 0.29) is 0 Å². The highest BCUT2D eigenvalue weighted by atomic mass is 16.4. The van der Waals surface area contributed by atoms with Gasteiger partial charge in [0, 0.05) is 0 Å². The lowest BCUT2D eigenvalue weighted by molar-refractivity contribution is -0.306. The predicted octanol–water partition coefficient (Wildman–Crippen LogP) is -0.281. The number of rotatable bonds is 3. The number of carbonyl (C=O) groups excluding carboxylic acids is 2. The minimum Gasteiger partial charge on any atom is -0.549 e. The summed E-state index contributed by atoms with van der Waals surface area (Å²) in [6.45, 7) is 0. The number of carboxylic acids is 1. The third kappa shape index (κ3) is 1.69. The van der Waals surface area contributed by atoms with Crippen LogP contribution >= 0.6 is 0 Å². The van der Waals surface area contributed by atoms with Gasteiger partial charge in [0.2, 0.25) is 0 Å². The second-order valence-electron chi connectivity index (χ2n) is 2.34. The van der Waals surface area contributed by atoms with Crippen molar-refractivity contribution in [1.29, 1.82) is 0 Å². The molecule has 0 heterocycles. The molecule has 0 radical (unpaired) electrons. The van der Waals surface area contributed by atoms with Crippen LogP contribution in [0.1, 0.15) is 11.5 Å². The Morgan fingerprint density at radius 2 is 1.92 bits per heavy atom. The number of aliphatic carboxylic acids is 1. The van der Waals surface area contributed by atoms with Crippen molar-refractivity contribution in [3.8, 4) is 0 Å². The van der Waals surface area contributed by atoms with Crippen LogP contribution in [0, 0.1) is 0 Å². The molecular formula is C9H7O3-. The molecule has 3 nitrogen and oxygen atoms in total. The Labute approximate surface area is 69.6 Å². The fourth-order valence-corrected chi connectivity index (χ4v) is 0.931. The third-order valence-corrected chi connectivity index (χ3v) is 1.55. The normalized spacial score (nSPS) is 12.0. The van der Waals surface area contributed by atoms with Gasteiger partial charge in [-0.2, -0.15) is 0 Å². The maximum atomic E-state index is 10.4. The SMILES string of the molecule is O=CC(C(=O)[O-])c1ccccc1. The molecule has 0 aliphatic rings. The lowest BCUT2D eigenvalue weighted by Crippen LogP contribution is -2.30. The molecule has 0 aliphatic heterocycles. The van der Waals surface area contributed by atoms with Crippen LogP contribution in [-0.2, 0) is 9.59 Å². The summed E-state index contributed by atoms with van der Waals surface area (Å²) in [5, 5.41) is 10.4. The van der Waals surface area contributed by atoms with E-state index in [1.165, 1.54) is 0 Å². The van der Waals surface area contributed by atoms with Crippen LogP contribution in [0.5, 0.6) is 0 Å². The van der Waals surface area contributed by atoms with Crippen molar-refractivity contribution < 1.29 is 14.7 Å². The summed E-state index contributed by atoms with van der Waals surface area (Å²) in [7, 11) is 0. The van der Waals surface area contributed by atoms with Gasteiger partial charge in [-0.05, 0) is 5.56 Å². The van der Waals surface area contributed by atoms with Crippen LogP contribution < -0.4 is 5.11 Å². The minimum atomic E-state index is -1.36. The summed E-state index contributed by atoms with van der Waals surface area (Å²) >= 11 is 0. The number of carboxylic acid groups (broad SMARTS) is 1. The quantitative estimate of drug-likeness (QED) is 0.455. The van der Waals surface area contributed by atoms with Crippen molar-refractivity contribution in [2.24, 2.45) is 0 Å². The number of aldehydes is 1. The number of hydrogen-bond donors (Lipinski definition) is 0. The maximum Gasteiger partial charge on any atom is 0.133 e. The van der Waals surface area contributed by atoms with Gasteiger partial charge in [-0.1, -0.05) is 30.3 Å². The largest absolute Gasteiger partial charge is 0.549 e. The van der Waals surface area contributed by atoms with E-state index in [9.17, 15) is 14.7 Å². The molecule has 0 N–H and O–H groups in total. The fourth-order valence-electron chi connectivity index (χ4n) is 0.931. The summed E-state index contributed by atoms with van der Waals surface area (Å²) in [6.07, 6.45) is 0.366. The van der Waals surface area contributed by atoms with Gasteiger partial charge >= 0.3 is 0 Å². The van der Waals surface area contributed by atoms with E-state index in [4.69, 9.17) is 0 Å². The molecular weight excluding hydrogens is 156 g/mol. The van der Waals surface area contributed by atoms with Crippen molar-refractivity contribution in [3.63, 3.8) is 0 Å². The molecule has 0 spiro atoms. The van der Waals surface area contributed by atoms with Crippen molar-refractivity contribution in [2.45, 2.75) is 5.92 Å². The molecule has 62 valence electrons.